The summed E-state index contributed by atoms with van der Waals surface area (Å²) in [6, 6.07) is 10.7. The SMILES string of the molecule is CCC(NC(=O)CNC(=O)c1cc(OC)c(OC)c(OC)c1)c1ccc(Br)cc1. The second kappa shape index (κ2) is 10.7. The lowest BCUT2D eigenvalue weighted by atomic mass is 10.0. The van der Waals surface area contributed by atoms with Crippen molar-refractivity contribution in [2.45, 2.75) is 19.4 Å². The van der Waals surface area contributed by atoms with E-state index >= 15 is 0 Å². The lowest BCUT2D eigenvalue weighted by Gasteiger charge is -2.18. The number of amides is 2. The number of hydrogen-bond acceptors (Lipinski definition) is 5. The molecular formula is C21H25BrN2O5. The monoisotopic (exact) mass is 464 g/mol. The van der Waals surface area contributed by atoms with E-state index < -0.39 is 5.91 Å². The number of benzene rings is 2. The van der Waals surface area contributed by atoms with Crippen molar-refractivity contribution >= 4 is 27.7 Å². The van der Waals surface area contributed by atoms with Gasteiger partial charge in [-0.2, -0.15) is 0 Å². The van der Waals surface area contributed by atoms with E-state index in [9.17, 15) is 9.59 Å². The first-order valence-corrected chi connectivity index (χ1v) is 9.85. The van der Waals surface area contributed by atoms with Gasteiger partial charge in [-0.3, -0.25) is 9.59 Å². The fraction of sp³-hybridized carbons (Fsp3) is 0.333. The highest BCUT2D eigenvalue weighted by atomic mass is 79.9. The molecule has 0 saturated heterocycles. The Labute approximate surface area is 178 Å². The number of rotatable bonds is 9. The lowest BCUT2D eigenvalue weighted by Crippen LogP contribution is -2.38. The molecule has 0 aliphatic heterocycles. The molecule has 0 aliphatic rings. The Balaban J connectivity index is 2.02. The Hall–Kier alpha value is -2.74. The molecule has 0 radical (unpaired) electrons. The number of carbonyl (C=O) groups is 2. The topological polar surface area (TPSA) is 85.9 Å². The molecule has 0 aliphatic carbocycles. The molecule has 2 aromatic carbocycles. The highest BCUT2D eigenvalue weighted by Gasteiger charge is 2.18. The third-order valence-electron chi connectivity index (χ3n) is 4.35. The second-order valence-electron chi connectivity index (χ2n) is 6.18. The predicted octanol–water partition coefficient (Wildman–Crippen LogP) is 3.47. The third kappa shape index (κ3) is 5.87. The van der Waals surface area contributed by atoms with Crippen LogP contribution < -0.4 is 24.8 Å². The van der Waals surface area contributed by atoms with E-state index in [1.807, 2.05) is 31.2 Å². The molecule has 1 atom stereocenters. The van der Waals surface area contributed by atoms with Gasteiger partial charge >= 0.3 is 0 Å². The summed E-state index contributed by atoms with van der Waals surface area (Å²) >= 11 is 3.40. The van der Waals surface area contributed by atoms with Gasteiger partial charge in [-0.1, -0.05) is 35.0 Å². The summed E-state index contributed by atoms with van der Waals surface area (Å²) in [5, 5.41) is 5.55. The molecule has 29 heavy (non-hydrogen) atoms. The zero-order valence-electron chi connectivity index (χ0n) is 16.9. The molecule has 0 bridgehead atoms. The van der Waals surface area contributed by atoms with E-state index in [4.69, 9.17) is 14.2 Å². The van der Waals surface area contributed by atoms with Crippen LogP contribution in [0.2, 0.25) is 0 Å². The van der Waals surface area contributed by atoms with Gasteiger partial charge in [0.2, 0.25) is 11.7 Å². The van der Waals surface area contributed by atoms with Gasteiger partial charge in [0.15, 0.2) is 11.5 Å². The van der Waals surface area contributed by atoms with Gasteiger partial charge in [0.25, 0.3) is 5.91 Å². The molecule has 7 nitrogen and oxygen atoms in total. The minimum atomic E-state index is -0.420. The molecule has 0 heterocycles. The fourth-order valence-electron chi connectivity index (χ4n) is 2.84. The van der Waals surface area contributed by atoms with Gasteiger partial charge in [0.1, 0.15) is 0 Å². The van der Waals surface area contributed by atoms with Crippen LogP contribution in [0.5, 0.6) is 17.2 Å². The smallest absolute Gasteiger partial charge is 0.251 e. The van der Waals surface area contributed by atoms with Crippen LogP contribution in [-0.2, 0) is 4.79 Å². The zero-order valence-corrected chi connectivity index (χ0v) is 18.5. The normalized spacial score (nSPS) is 11.3. The van der Waals surface area contributed by atoms with Crippen molar-refractivity contribution < 1.29 is 23.8 Å². The molecule has 2 amide bonds. The third-order valence-corrected chi connectivity index (χ3v) is 4.88. The number of nitrogens with one attached hydrogen (secondary N) is 2. The van der Waals surface area contributed by atoms with Crippen LogP contribution in [0.3, 0.4) is 0 Å². The summed E-state index contributed by atoms with van der Waals surface area (Å²) in [7, 11) is 4.43. The average Bonchev–Trinajstić information content (AvgIpc) is 2.75. The number of halogens is 1. The summed E-state index contributed by atoms with van der Waals surface area (Å²) in [6.45, 7) is 1.84. The second-order valence-corrected chi connectivity index (χ2v) is 7.09. The predicted molar refractivity (Wildman–Crippen MR) is 114 cm³/mol. The molecule has 0 spiro atoms. The Morgan fingerprint density at radius 2 is 1.59 bits per heavy atom. The molecular weight excluding hydrogens is 440 g/mol. The molecule has 1 unspecified atom stereocenters. The lowest BCUT2D eigenvalue weighted by molar-refractivity contribution is -0.120. The van der Waals surface area contributed by atoms with Gasteiger partial charge in [0, 0.05) is 10.0 Å². The van der Waals surface area contributed by atoms with E-state index in [0.717, 1.165) is 16.5 Å². The van der Waals surface area contributed by atoms with Crippen LogP contribution in [0.15, 0.2) is 40.9 Å². The summed E-state index contributed by atoms with van der Waals surface area (Å²) in [5.41, 5.74) is 1.30. The number of hydrogen-bond donors (Lipinski definition) is 2. The fourth-order valence-corrected chi connectivity index (χ4v) is 3.10. The standard InChI is InChI=1S/C21H25BrN2O5/c1-5-16(13-6-8-15(22)9-7-13)24-19(25)12-23-21(26)14-10-17(27-2)20(29-4)18(11-14)28-3/h6-11,16H,5,12H2,1-4H3,(H,23,26)(H,24,25). The van der Waals surface area contributed by atoms with Crippen LogP contribution in [0.1, 0.15) is 35.3 Å². The molecule has 0 saturated carbocycles. The molecule has 8 heteroatoms. The number of carbonyl (C=O) groups excluding carboxylic acids is 2. The van der Waals surface area contributed by atoms with Crippen LogP contribution in [0, 0.1) is 0 Å². The molecule has 2 N–H and O–H groups in total. The van der Waals surface area contributed by atoms with Crippen LogP contribution in [0.4, 0.5) is 0 Å². The van der Waals surface area contributed by atoms with E-state index in [1.165, 1.54) is 33.5 Å². The minimum absolute atomic E-state index is 0.131. The molecule has 2 rings (SSSR count). The van der Waals surface area contributed by atoms with Gasteiger partial charge in [-0.15, -0.1) is 0 Å². The van der Waals surface area contributed by atoms with E-state index in [0.29, 0.717) is 22.8 Å². The molecule has 0 fully saturated rings. The van der Waals surface area contributed by atoms with Crippen molar-refractivity contribution in [3.63, 3.8) is 0 Å². The highest BCUT2D eigenvalue weighted by Crippen LogP contribution is 2.38. The molecule has 0 aromatic heterocycles. The van der Waals surface area contributed by atoms with Crippen molar-refractivity contribution in [2.75, 3.05) is 27.9 Å². The van der Waals surface area contributed by atoms with E-state index in [2.05, 4.69) is 26.6 Å². The van der Waals surface area contributed by atoms with E-state index in [-0.39, 0.29) is 18.5 Å². The van der Waals surface area contributed by atoms with Crippen molar-refractivity contribution in [3.8, 4) is 17.2 Å². The molecule has 2 aromatic rings. The summed E-state index contributed by atoms with van der Waals surface area (Å²) < 4.78 is 16.7. The first kappa shape index (κ1) is 22.5. The zero-order chi connectivity index (χ0) is 21.4. The molecule has 156 valence electrons. The Morgan fingerprint density at radius 3 is 2.07 bits per heavy atom. The van der Waals surface area contributed by atoms with Crippen molar-refractivity contribution in [1.82, 2.24) is 10.6 Å². The Morgan fingerprint density at radius 1 is 1.00 bits per heavy atom. The quantitative estimate of drug-likeness (QED) is 0.593. The largest absolute Gasteiger partial charge is 0.493 e. The van der Waals surface area contributed by atoms with Crippen molar-refractivity contribution in [1.29, 1.82) is 0 Å². The summed E-state index contributed by atoms with van der Waals surface area (Å²) in [5.74, 6) is 0.423. The first-order valence-electron chi connectivity index (χ1n) is 9.06. The van der Waals surface area contributed by atoms with Gasteiger partial charge in [-0.25, -0.2) is 0 Å². The van der Waals surface area contributed by atoms with Gasteiger partial charge in [0.05, 0.1) is 33.9 Å². The first-order chi connectivity index (χ1) is 13.9. The van der Waals surface area contributed by atoms with Crippen LogP contribution in [-0.4, -0.2) is 39.7 Å². The van der Waals surface area contributed by atoms with Gasteiger partial charge in [-0.05, 0) is 36.2 Å². The van der Waals surface area contributed by atoms with Crippen LogP contribution >= 0.6 is 15.9 Å². The van der Waals surface area contributed by atoms with Gasteiger partial charge < -0.3 is 24.8 Å². The summed E-state index contributed by atoms with van der Waals surface area (Å²) in [6.07, 6.45) is 0.730. The Kier molecular flexibility index (Phi) is 8.33. The average molecular weight is 465 g/mol. The maximum Gasteiger partial charge on any atom is 0.251 e. The Bertz CT molecular complexity index is 830. The number of ether oxygens (including phenoxy) is 3. The van der Waals surface area contributed by atoms with E-state index in [1.54, 1.807) is 0 Å². The maximum atomic E-state index is 12.5. The van der Waals surface area contributed by atoms with Crippen molar-refractivity contribution in [3.05, 3.63) is 52.0 Å². The number of methoxy groups -OCH3 is 3. The maximum absolute atomic E-state index is 12.5. The highest BCUT2D eigenvalue weighted by molar-refractivity contribution is 9.10. The van der Waals surface area contributed by atoms with Crippen LogP contribution in [0.25, 0.3) is 0 Å². The van der Waals surface area contributed by atoms with Crippen molar-refractivity contribution in [2.24, 2.45) is 0 Å². The summed E-state index contributed by atoms with van der Waals surface area (Å²) in [4.78, 5) is 24.8. The minimum Gasteiger partial charge on any atom is -0.493 e.